The van der Waals surface area contributed by atoms with E-state index in [4.69, 9.17) is 9.84 Å². The Morgan fingerprint density at radius 1 is 0.895 bits per heavy atom. The van der Waals surface area contributed by atoms with E-state index in [9.17, 15) is 13.2 Å². The smallest absolute Gasteiger partial charge is 0.159 e. The zero-order valence-corrected chi connectivity index (χ0v) is 9.87. The average Bonchev–Trinajstić information content (AvgIpc) is 2.39. The van der Waals surface area contributed by atoms with Crippen molar-refractivity contribution in [1.29, 1.82) is 0 Å². The SMILES string of the molecule is OCc1cc(F)cc(OCc2ccc(F)c(F)c2)c1. The van der Waals surface area contributed by atoms with Crippen molar-refractivity contribution < 1.29 is 23.0 Å². The molecular formula is C14H11F3O2. The third-order valence-electron chi connectivity index (χ3n) is 2.50. The maximum atomic E-state index is 13.2. The van der Waals surface area contributed by atoms with E-state index in [-0.39, 0.29) is 19.0 Å². The predicted molar refractivity (Wildman–Crippen MR) is 63.0 cm³/mol. The molecule has 0 spiro atoms. The predicted octanol–water partition coefficient (Wildman–Crippen LogP) is 3.18. The molecular weight excluding hydrogens is 257 g/mol. The van der Waals surface area contributed by atoms with Gasteiger partial charge in [0.25, 0.3) is 0 Å². The van der Waals surface area contributed by atoms with Gasteiger partial charge in [-0.05, 0) is 35.4 Å². The van der Waals surface area contributed by atoms with Gasteiger partial charge in [0.1, 0.15) is 18.2 Å². The van der Waals surface area contributed by atoms with Crippen LogP contribution in [0.25, 0.3) is 0 Å². The van der Waals surface area contributed by atoms with Crippen LogP contribution >= 0.6 is 0 Å². The number of rotatable bonds is 4. The summed E-state index contributed by atoms with van der Waals surface area (Å²) in [5.74, 6) is -2.21. The first kappa shape index (κ1) is 13.4. The molecule has 0 fully saturated rings. The minimum absolute atomic E-state index is 0.0223. The average molecular weight is 268 g/mol. The Hall–Kier alpha value is -2.01. The first-order chi connectivity index (χ1) is 9.08. The van der Waals surface area contributed by atoms with Gasteiger partial charge in [-0.25, -0.2) is 13.2 Å². The van der Waals surface area contributed by atoms with E-state index in [1.807, 2.05) is 0 Å². The molecule has 0 aliphatic heterocycles. The minimum atomic E-state index is -0.962. The lowest BCUT2D eigenvalue weighted by Gasteiger charge is -2.08. The fourth-order valence-electron chi connectivity index (χ4n) is 1.59. The fourth-order valence-corrected chi connectivity index (χ4v) is 1.59. The molecule has 0 bridgehead atoms. The number of aliphatic hydroxyl groups is 1. The van der Waals surface area contributed by atoms with Gasteiger partial charge in [-0.15, -0.1) is 0 Å². The van der Waals surface area contributed by atoms with Gasteiger partial charge in [0, 0.05) is 6.07 Å². The molecule has 2 rings (SSSR count). The van der Waals surface area contributed by atoms with Gasteiger partial charge in [-0.3, -0.25) is 0 Å². The largest absolute Gasteiger partial charge is 0.489 e. The minimum Gasteiger partial charge on any atom is -0.489 e. The first-order valence-electron chi connectivity index (χ1n) is 5.55. The molecule has 0 saturated carbocycles. The molecule has 0 unspecified atom stereocenters. The highest BCUT2D eigenvalue weighted by Crippen LogP contribution is 2.18. The van der Waals surface area contributed by atoms with Crippen molar-refractivity contribution in [2.24, 2.45) is 0 Å². The van der Waals surface area contributed by atoms with E-state index in [1.54, 1.807) is 0 Å². The molecule has 0 radical (unpaired) electrons. The standard InChI is InChI=1S/C14H11F3O2/c15-11-3-10(7-18)4-12(6-11)19-8-9-1-2-13(16)14(17)5-9/h1-6,18H,7-8H2. The van der Waals surface area contributed by atoms with Crippen LogP contribution in [0.3, 0.4) is 0 Å². The Kier molecular flexibility index (Phi) is 4.06. The second-order valence-electron chi connectivity index (χ2n) is 3.99. The molecule has 5 heteroatoms. The summed E-state index contributed by atoms with van der Waals surface area (Å²) in [7, 11) is 0. The fraction of sp³-hybridized carbons (Fsp3) is 0.143. The summed E-state index contributed by atoms with van der Waals surface area (Å²) in [5.41, 5.74) is 0.800. The second kappa shape index (κ2) is 5.75. The van der Waals surface area contributed by atoms with Crippen LogP contribution in [-0.4, -0.2) is 5.11 Å². The molecule has 2 nitrogen and oxygen atoms in total. The van der Waals surface area contributed by atoms with Gasteiger partial charge in [0.15, 0.2) is 11.6 Å². The highest BCUT2D eigenvalue weighted by atomic mass is 19.2. The van der Waals surface area contributed by atoms with Gasteiger partial charge < -0.3 is 9.84 Å². The van der Waals surface area contributed by atoms with Crippen molar-refractivity contribution in [3.05, 3.63) is 65.0 Å². The molecule has 100 valence electrons. The van der Waals surface area contributed by atoms with E-state index in [0.717, 1.165) is 18.2 Å². The summed E-state index contributed by atoms with van der Waals surface area (Å²) < 4.78 is 44.1. The summed E-state index contributed by atoms with van der Waals surface area (Å²) in [4.78, 5) is 0. The molecule has 0 heterocycles. The summed E-state index contributed by atoms with van der Waals surface area (Å²) >= 11 is 0. The highest BCUT2D eigenvalue weighted by molar-refractivity contribution is 5.29. The summed E-state index contributed by atoms with van der Waals surface area (Å²) in [6.07, 6.45) is 0. The zero-order valence-electron chi connectivity index (χ0n) is 9.87. The van der Waals surface area contributed by atoms with Crippen LogP contribution < -0.4 is 4.74 Å². The second-order valence-corrected chi connectivity index (χ2v) is 3.99. The van der Waals surface area contributed by atoms with E-state index in [1.165, 1.54) is 18.2 Å². The number of halogens is 3. The van der Waals surface area contributed by atoms with Gasteiger partial charge in [0.05, 0.1) is 6.61 Å². The van der Waals surface area contributed by atoms with Crippen molar-refractivity contribution in [3.63, 3.8) is 0 Å². The van der Waals surface area contributed by atoms with Crippen LogP contribution in [0.2, 0.25) is 0 Å². The first-order valence-corrected chi connectivity index (χ1v) is 5.55. The van der Waals surface area contributed by atoms with Gasteiger partial charge >= 0.3 is 0 Å². The number of ether oxygens (including phenoxy) is 1. The lowest BCUT2D eigenvalue weighted by Crippen LogP contribution is -1.98. The molecule has 0 aromatic heterocycles. The normalized spacial score (nSPS) is 10.5. The summed E-state index contributed by atoms with van der Waals surface area (Å²) in [6.45, 7) is -0.329. The van der Waals surface area contributed by atoms with E-state index < -0.39 is 17.5 Å². The zero-order chi connectivity index (χ0) is 13.8. The van der Waals surface area contributed by atoms with Crippen molar-refractivity contribution in [2.75, 3.05) is 0 Å². The van der Waals surface area contributed by atoms with Crippen LogP contribution in [0.5, 0.6) is 5.75 Å². The maximum absolute atomic E-state index is 13.2. The quantitative estimate of drug-likeness (QED) is 0.922. The Morgan fingerprint density at radius 3 is 2.37 bits per heavy atom. The molecule has 1 N–H and O–H groups in total. The number of benzene rings is 2. The van der Waals surface area contributed by atoms with Gasteiger partial charge in [-0.2, -0.15) is 0 Å². The molecule has 0 saturated heterocycles. The number of hydrogen-bond acceptors (Lipinski definition) is 2. The molecule has 0 amide bonds. The molecule has 19 heavy (non-hydrogen) atoms. The molecule has 2 aromatic carbocycles. The molecule has 0 aliphatic carbocycles. The molecule has 0 aliphatic rings. The number of hydrogen-bond donors (Lipinski definition) is 1. The van der Waals surface area contributed by atoms with Crippen LogP contribution in [0.4, 0.5) is 13.2 Å². The highest BCUT2D eigenvalue weighted by Gasteiger charge is 2.05. The molecule has 0 atom stereocenters. The van der Waals surface area contributed by atoms with Gasteiger partial charge in [0.2, 0.25) is 0 Å². The van der Waals surface area contributed by atoms with Crippen molar-refractivity contribution in [2.45, 2.75) is 13.2 Å². The lowest BCUT2D eigenvalue weighted by molar-refractivity contribution is 0.276. The monoisotopic (exact) mass is 268 g/mol. The Bertz CT molecular complexity index is 585. The molecule has 2 aromatic rings. The summed E-state index contributed by atoms with van der Waals surface area (Å²) in [5, 5.41) is 8.93. The maximum Gasteiger partial charge on any atom is 0.159 e. The van der Waals surface area contributed by atoms with Crippen molar-refractivity contribution in [3.8, 4) is 5.75 Å². The third kappa shape index (κ3) is 3.48. The Morgan fingerprint density at radius 2 is 1.68 bits per heavy atom. The van der Waals surface area contributed by atoms with Crippen molar-refractivity contribution >= 4 is 0 Å². The summed E-state index contributed by atoms with van der Waals surface area (Å²) in [6, 6.07) is 7.21. The lowest BCUT2D eigenvalue weighted by atomic mass is 10.2. The number of aliphatic hydroxyl groups excluding tert-OH is 1. The van der Waals surface area contributed by atoms with Gasteiger partial charge in [-0.1, -0.05) is 6.07 Å². The van der Waals surface area contributed by atoms with Crippen molar-refractivity contribution in [1.82, 2.24) is 0 Å². The van der Waals surface area contributed by atoms with Crippen LogP contribution in [0.15, 0.2) is 36.4 Å². The third-order valence-corrected chi connectivity index (χ3v) is 2.50. The topological polar surface area (TPSA) is 29.5 Å². The van der Waals surface area contributed by atoms with E-state index >= 15 is 0 Å². The Labute approximate surface area is 108 Å². The van der Waals surface area contributed by atoms with Crippen LogP contribution in [0, 0.1) is 17.5 Å². The van der Waals surface area contributed by atoms with E-state index in [2.05, 4.69) is 0 Å². The van der Waals surface area contributed by atoms with Crippen LogP contribution in [0.1, 0.15) is 11.1 Å². The van der Waals surface area contributed by atoms with E-state index in [0.29, 0.717) is 11.1 Å². The Balaban J connectivity index is 2.09. The van der Waals surface area contributed by atoms with Crippen LogP contribution in [-0.2, 0) is 13.2 Å².